The summed E-state index contributed by atoms with van der Waals surface area (Å²) in [5, 5.41) is 8.32. The third kappa shape index (κ3) is 4.09. The number of nitrogens with one attached hydrogen (secondary N) is 1. The molecule has 1 unspecified atom stereocenters. The molecule has 0 spiro atoms. The Morgan fingerprint density at radius 2 is 2.30 bits per heavy atom. The summed E-state index contributed by atoms with van der Waals surface area (Å²) in [6, 6.07) is 5.86. The van der Waals surface area contributed by atoms with Gasteiger partial charge >= 0.3 is 0 Å². The van der Waals surface area contributed by atoms with Gasteiger partial charge in [0.15, 0.2) is 0 Å². The highest BCUT2D eigenvalue weighted by Gasteiger charge is 2.21. The number of methoxy groups -OCH3 is 1. The highest BCUT2D eigenvalue weighted by atomic mass is 32.2. The Hall–Kier alpha value is -1.31. The lowest BCUT2D eigenvalue weighted by atomic mass is 10.00. The van der Waals surface area contributed by atoms with Crippen LogP contribution < -0.4 is 19.9 Å². The Morgan fingerprint density at radius 1 is 1.50 bits per heavy atom. The minimum absolute atomic E-state index is 0.00577. The number of rotatable bonds is 6. The summed E-state index contributed by atoms with van der Waals surface area (Å²) in [4.78, 5) is 0. The number of hydrogen-bond donors (Lipinski definition) is 2. The molecule has 1 aliphatic rings. The molecule has 2 rings (SSSR count). The summed E-state index contributed by atoms with van der Waals surface area (Å²) in [6.45, 7) is 1.24. The molecule has 3 N–H and O–H groups in total. The van der Waals surface area contributed by atoms with Gasteiger partial charge in [0.05, 0.1) is 19.5 Å². The molecular weight excluding hydrogens is 280 g/mol. The van der Waals surface area contributed by atoms with Crippen LogP contribution in [0, 0.1) is 0 Å². The van der Waals surface area contributed by atoms with Crippen LogP contribution in [0.15, 0.2) is 18.2 Å². The van der Waals surface area contributed by atoms with Crippen molar-refractivity contribution in [3.8, 4) is 11.5 Å². The molecule has 1 aromatic carbocycles. The van der Waals surface area contributed by atoms with Gasteiger partial charge in [-0.2, -0.15) is 0 Å². The highest BCUT2D eigenvalue weighted by Crippen LogP contribution is 2.34. The zero-order chi connectivity index (χ0) is 14.6. The van der Waals surface area contributed by atoms with Gasteiger partial charge in [0, 0.05) is 18.0 Å². The molecule has 0 bridgehead atoms. The molecule has 0 aromatic heterocycles. The van der Waals surface area contributed by atoms with Crippen LogP contribution in [0.25, 0.3) is 0 Å². The number of nitrogens with two attached hydrogens (primary N) is 1. The van der Waals surface area contributed by atoms with E-state index in [-0.39, 0.29) is 11.8 Å². The molecule has 0 fully saturated rings. The molecular formula is C13H20N2O4S. The molecule has 0 saturated carbocycles. The second-order valence-electron chi connectivity index (χ2n) is 4.77. The average Bonchev–Trinajstić information content (AvgIpc) is 2.42. The normalized spacial score (nSPS) is 18.2. The first kappa shape index (κ1) is 15.1. The average molecular weight is 300 g/mol. The standard InChI is InChI=1S/C13H20N2O4S/c1-18-10-3-4-13-11(9-10)12(5-7-19-13)15-6-2-8-20(14,16)17/h3-4,9,12,15H,2,5-8H2,1H3,(H2,14,16,17). The van der Waals surface area contributed by atoms with Crippen molar-refractivity contribution in [3.63, 3.8) is 0 Å². The van der Waals surface area contributed by atoms with E-state index in [0.29, 0.717) is 19.6 Å². The molecule has 7 heteroatoms. The summed E-state index contributed by atoms with van der Waals surface area (Å²) in [6.07, 6.45) is 1.34. The fourth-order valence-corrected chi connectivity index (χ4v) is 2.81. The Labute approximate surface area is 119 Å². The number of sulfonamides is 1. The molecule has 6 nitrogen and oxygen atoms in total. The molecule has 0 aliphatic carbocycles. The van der Waals surface area contributed by atoms with E-state index >= 15 is 0 Å². The summed E-state index contributed by atoms with van der Waals surface area (Å²) < 4.78 is 32.6. The van der Waals surface area contributed by atoms with Gasteiger partial charge in [-0.15, -0.1) is 0 Å². The van der Waals surface area contributed by atoms with Crippen molar-refractivity contribution in [1.82, 2.24) is 5.32 Å². The van der Waals surface area contributed by atoms with Crippen molar-refractivity contribution in [1.29, 1.82) is 0 Å². The van der Waals surface area contributed by atoms with E-state index in [0.717, 1.165) is 23.5 Å². The minimum atomic E-state index is -3.38. The number of fused-ring (bicyclic) bond motifs is 1. The van der Waals surface area contributed by atoms with Gasteiger partial charge in [0.1, 0.15) is 11.5 Å². The predicted molar refractivity (Wildman–Crippen MR) is 76.4 cm³/mol. The van der Waals surface area contributed by atoms with Crippen LogP contribution in [0.2, 0.25) is 0 Å². The predicted octanol–water partition coefficient (Wildman–Crippen LogP) is 0.787. The van der Waals surface area contributed by atoms with E-state index in [2.05, 4.69) is 5.32 Å². The smallest absolute Gasteiger partial charge is 0.209 e. The van der Waals surface area contributed by atoms with Crippen molar-refractivity contribution in [3.05, 3.63) is 23.8 Å². The third-order valence-electron chi connectivity index (χ3n) is 3.25. The molecule has 1 aliphatic heterocycles. The van der Waals surface area contributed by atoms with Crippen LogP contribution >= 0.6 is 0 Å². The molecule has 0 amide bonds. The maximum absolute atomic E-state index is 10.9. The Kier molecular flexibility index (Phi) is 4.85. The highest BCUT2D eigenvalue weighted by molar-refractivity contribution is 7.89. The van der Waals surface area contributed by atoms with Crippen LogP contribution in [-0.4, -0.2) is 34.4 Å². The number of ether oxygens (including phenoxy) is 2. The Morgan fingerprint density at radius 3 is 3.00 bits per heavy atom. The summed E-state index contributed by atoms with van der Waals surface area (Å²) in [7, 11) is -1.76. The molecule has 0 radical (unpaired) electrons. The maximum atomic E-state index is 10.9. The fraction of sp³-hybridized carbons (Fsp3) is 0.538. The van der Waals surface area contributed by atoms with Gasteiger partial charge < -0.3 is 14.8 Å². The number of benzene rings is 1. The first-order valence-electron chi connectivity index (χ1n) is 6.54. The van der Waals surface area contributed by atoms with Crippen LogP contribution in [0.1, 0.15) is 24.4 Å². The molecule has 20 heavy (non-hydrogen) atoms. The summed E-state index contributed by atoms with van der Waals surface area (Å²) in [5.74, 6) is 1.63. The maximum Gasteiger partial charge on any atom is 0.209 e. The van der Waals surface area contributed by atoms with Crippen molar-refractivity contribution < 1.29 is 17.9 Å². The summed E-state index contributed by atoms with van der Waals surface area (Å²) >= 11 is 0. The molecule has 1 aromatic rings. The van der Waals surface area contributed by atoms with E-state index in [1.165, 1.54) is 0 Å². The summed E-state index contributed by atoms with van der Waals surface area (Å²) in [5.41, 5.74) is 1.05. The quantitative estimate of drug-likeness (QED) is 0.758. The molecule has 112 valence electrons. The van der Waals surface area contributed by atoms with Gasteiger partial charge in [-0.3, -0.25) is 0 Å². The van der Waals surface area contributed by atoms with Gasteiger partial charge in [-0.1, -0.05) is 0 Å². The van der Waals surface area contributed by atoms with E-state index in [4.69, 9.17) is 14.6 Å². The van der Waals surface area contributed by atoms with E-state index in [9.17, 15) is 8.42 Å². The van der Waals surface area contributed by atoms with E-state index in [1.807, 2.05) is 18.2 Å². The molecule has 1 heterocycles. The topological polar surface area (TPSA) is 90.6 Å². The van der Waals surface area contributed by atoms with Gasteiger partial charge in [-0.05, 0) is 31.2 Å². The lowest BCUT2D eigenvalue weighted by molar-refractivity contribution is 0.252. The van der Waals surface area contributed by atoms with Crippen LogP contribution in [0.5, 0.6) is 11.5 Å². The lowest BCUT2D eigenvalue weighted by Crippen LogP contribution is -2.29. The third-order valence-corrected chi connectivity index (χ3v) is 4.11. The largest absolute Gasteiger partial charge is 0.497 e. The van der Waals surface area contributed by atoms with Crippen molar-refractivity contribution >= 4 is 10.0 Å². The zero-order valence-corrected chi connectivity index (χ0v) is 12.3. The van der Waals surface area contributed by atoms with Crippen LogP contribution in [0.4, 0.5) is 0 Å². The van der Waals surface area contributed by atoms with Crippen molar-refractivity contribution in [2.45, 2.75) is 18.9 Å². The van der Waals surface area contributed by atoms with E-state index in [1.54, 1.807) is 7.11 Å². The number of hydrogen-bond acceptors (Lipinski definition) is 5. The first-order chi connectivity index (χ1) is 9.49. The molecule has 1 atom stereocenters. The number of primary sulfonamides is 1. The first-order valence-corrected chi connectivity index (χ1v) is 8.26. The zero-order valence-electron chi connectivity index (χ0n) is 11.5. The van der Waals surface area contributed by atoms with Gasteiger partial charge in [0.2, 0.25) is 10.0 Å². The Bertz CT molecular complexity index is 559. The van der Waals surface area contributed by atoms with Gasteiger partial charge in [0.25, 0.3) is 0 Å². The second kappa shape index (κ2) is 6.43. The minimum Gasteiger partial charge on any atom is -0.497 e. The van der Waals surface area contributed by atoms with Crippen molar-refractivity contribution in [2.24, 2.45) is 5.14 Å². The fourth-order valence-electron chi connectivity index (χ4n) is 2.26. The second-order valence-corrected chi connectivity index (χ2v) is 6.50. The van der Waals surface area contributed by atoms with Crippen LogP contribution in [0.3, 0.4) is 0 Å². The van der Waals surface area contributed by atoms with Gasteiger partial charge in [-0.25, -0.2) is 13.6 Å². The van der Waals surface area contributed by atoms with E-state index < -0.39 is 10.0 Å². The monoisotopic (exact) mass is 300 g/mol. The van der Waals surface area contributed by atoms with Crippen LogP contribution in [-0.2, 0) is 10.0 Å². The van der Waals surface area contributed by atoms with Crippen molar-refractivity contribution in [2.75, 3.05) is 26.0 Å². The lowest BCUT2D eigenvalue weighted by Gasteiger charge is -2.27. The Balaban J connectivity index is 1.97. The molecule has 0 saturated heterocycles. The SMILES string of the molecule is COc1ccc2c(c1)C(NCCCS(N)(=O)=O)CCO2.